The molecule has 0 saturated heterocycles. The number of nitrogens with two attached hydrogens (primary N) is 1. The summed E-state index contributed by atoms with van der Waals surface area (Å²) in [5.41, 5.74) is 9.62. The lowest BCUT2D eigenvalue weighted by Crippen LogP contribution is -2.30. The van der Waals surface area contributed by atoms with E-state index in [9.17, 15) is 5.11 Å². The van der Waals surface area contributed by atoms with Crippen LogP contribution in [0.1, 0.15) is 36.5 Å². The third kappa shape index (κ3) is 4.95. The van der Waals surface area contributed by atoms with Gasteiger partial charge in [0.15, 0.2) is 5.96 Å². The van der Waals surface area contributed by atoms with Crippen LogP contribution in [0.3, 0.4) is 0 Å². The molecule has 0 amide bonds. The standard InChI is InChI=1S/C20H25N3O.HI/c1-20(24,16-10-3-2-4-11-16)14-22-19(21)23-18-13-7-9-15-8-5-6-12-17(15)18;/h2-4,7,9-11,13,24H,5-6,8,12,14H2,1H3,(H3,21,22,23);1H. The van der Waals surface area contributed by atoms with E-state index in [1.54, 1.807) is 6.92 Å². The van der Waals surface area contributed by atoms with Crippen LogP contribution < -0.4 is 11.1 Å². The molecule has 0 saturated carbocycles. The van der Waals surface area contributed by atoms with Crippen LogP contribution in [0, 0.1) is 0 Å². The predicted octanol–water partition coefficient (Wildman–Crippen LogP) is 3.82. The first-order valence-corrected chi connectivity index (χ1v) is 8.52. The van der Waals surface area contributed by atoms with Gasteiger partial charge >= 0.3 is 0 Å². The number of aryl methyl sites for hydroxylation is 1. The molecular weight excluding hydrogens is 425 g/mol. The zero-order chi connectivity index (χ0) is 17.0. The van der Waals surface area contributed by atoms with E-state index in [-0.39, 0.29) is 30.5 Å². The number of nitrogens with zero attached hydrogens (tertiary/aromatic N) is 1. The Kier molecular flexibility index (Phi) is 6.84. The van der Waals surface area contributed by atoms with Crippen molar-refractivity contribution in [3.8, 4) is 0 Å². The second kappa shape index (κ2) is 8.67. The fourth-order valence-corrected chi connectivity index (χ4v) is 3.20. The first kappa shape index (κ1) is 19.7. The maximum Gasteiger partial charge on any atom is 0.193 e. The predicted molar refractivity (Wildman–Crippen MR) is 115 cm³/mol. The molecule has 0 heterocycles. The summed E-state index contributed by atoms with van der Waals surface area (Å²) in [6.07, 6.45) is 4.67. The number of hydrogen-bond donors (Lipinski definition) is 3. The van der Waals surface area contributed by atoms with Crippen LogP contribution in [0.15, 0.2) is 53.5 Å². The number of fused-ring (bicyclic) bond motifs is 1. The van der Waals surface area contributed by atoms with E-state index >= 15 is 0 Å². The molecule has 25 heavy (non-hydrogen) atoms. The quantitative estimate of drug-likeness (QED) is 0.376. The molecule has 3 rings (SSSR count). The average molecular weight is 451 g/mol. The van der Waals surface area contributed by atoms with Crippen molar-refractivity contribution in [3.63, 3.8) is 0 Å². The van der Waals surface area contributed by atoms with Gasteiger partial charge in [-0.2, -0.15) is 0 Å². The van der Waals surface area contributed by atoms with Crippen LogP contribution in [0.5, 0.6) is 0 Å². The largest absolute Gasteiger partial charge is 0.384 e. The highest BCUT2D eigenvalue weighted by Gasteiger charge is 2.22. The van der Waals surface area contributed by atoms with Gasteiger partial charge in [0.05, 0.1) is 6.54 Å². The molecule has 0 radical (unpaired) electrons. The molecule has 0 fully saturated rings. The minimum absolute atomic E-state index is 0. The van der Waals surface area contributed by atoms with Crippen molar-refractivity contribution < 1.29 is 5.11 Å². The Balaban J connectivity index is 0.00000225. The molecule has 5 heteroatoms. The Labute approximate surface area is 166 Å². The smallest absolute Gasteiger partial charge is 0.193 e. The van der Waals surface area contributed by atoms with Gasteiger partial charge in [0.25, 0.3) is 0 Å². The number of hydrogen-bond acceptors (Lipinski definition) is 2. The van der Waals surface area contributed by atoms with E-state index in [1.165, 1.54) is 24.0 Å². The van der Waals surface area contributed by atoms with Gasteiger partial charge in [-0.3, -0.25) is 0 Å². The van der Waals surface area contributed by atoms with Gasteiger partial charge < -0.3 is 16.2 Å². The van der Waals surface area contributed by atoms with Crippen LogP contribution in [0.4, 0.5) is 5.69 Å². The first-order chi connectivity index (χ1) is 11.6. The number of halogens is 1. The number of aliphatic hydroxyl groups is 1. The molecule has 0 aliphatic heterocycles. The average Bonchev–Trinajstić information content (AvgIpc) is 2.61. The van der Waals surface area contributed by atoms with Gasteiger partial charge in [-0.15, -0.1) is 24.0 Å². The van der Waals surface area contributed by atoms with Crippen LogP contribution in [0.25, 0.3) is 0 Å². The summed E-state index contributed by atoms with van der Waals surface area (Å²) in [7, 11) is 0. The van der Waals surface area contributed by atoms with E-state index in [0.29, 0.717) is 5.96 Å². The van der Waals surface area contributed by atoms with Crippen molar-refractivity contribution in [2.24, 2.45) is 10.7 Å². The van der Waals surface area contributed by atoms with Gasteiger partial charge in [-0.1, -0.05) is 42.5 Å². The van der Waals surface area contributed by atoms with Crippen molar-refractivity contribution in [2.75, 3.05) is 11.9 Å². The minimum atomic E-state index is -1.04. The Morgan fingerprint density at radius 3 is 2.60 bits per heavy atom. The number of benzene rings is 2. The number of guanidine groups is 1. The van der Waals surface area contributed by atoms with Gasteiger partial charge in [-0.25, -0.2) is 4.99 Å². The van der Waals surface area contributed by atoms with E-state index in [1.807, 2.05) is 36.4 Å². The highest BCUT2D eigenvalue weighted by atomic mass is 127. The summed E-state index contributed by atoms with van der Waals surface area (Å²) >= 11 is 0. The summed E-state index contributed by atoms with van der Waals surface area (Å²) in [4.78, 5) is 4.35. The lowest BCUT2D eigenvalue weighted by atomic mass is 9.90. The molecule has 2 aromatic rings. The lowest BCUT2D eigenvalue weighted by molar-refractivity contribution is 0.0674. The number of nitrogens with one attached hydrogen (secondary N) is 1. The minimum Gasteiger partial charge on any atom is -0.384 e. The Bertz CT molecular complexity index is 729. The third-order valence-electron chi connectivity index (χ3n) is 4.61. The number of aliphatic imine (C=N–C) groups is 1. The Morgan fingerprint density at radius 1 is 1.12 bits per heavy atom. The number of rotatable bonds is 4. The lowest BCUT2D eigenvalue weighted by Gasteiger charge is -2.22. The fraction of sp³-hybridized carbons (Fsp3) is 0.350. The second-order valence-electron chi connectivity index (χ2n) is 6.62. The van der Waals surface area contributed by atoms with Crippen molar-refractivity contribution in [3.05, 3.63) is 65.2 Å². The van der Waals surface area contributed by atoms with Crippen molar-refractivity contribution in [2.45, 2.75) is 38.2 Å². The van der Waals surface area contributed by atoms with Crippen molar-refractivity contribution in [1.29, 1.82) is 0 Å². The molecule has 4 N–H and O–H groups in total. The van der Waals surface area contributed by atoms with Crippen molar-refractivity contribution >= 4 is 35.6 Å². The summed E-state index contributed by atoms with van der Waals surface area (Å²) in [6.45, 7) is 1.97. The van der Waals surface area contributed by atoms with E-state index in [4.69, 9.17) is 5.73 Å². The normalized spacial score (nSPS) is 16.3. The molecule has 1 atom stereocenters. The third-order valence-corrected chi connectivity index (χ3v) is 4.61. The molecule has 0 aromatic heterocycles. The summed E-state index contributed by atoms with van der Waals surface area (Å²) < 4.78 is 0. The molecule has 0 bridgehead atoms. The molecule has 1 aliphatic carbocycles. The van der Waals surface area contributed by atoms with Gasteiger partial charge in [-0.05, 0) is 55.4 Å². The van der Waals surface area contributed by atoms with Crippen LogP contribution in [0.2, 0.25) is 0 Å². The first-order valence-electron chi connectivity index (χ1n) is 8.52. The fourth-order valence-electron chi connectivity index (χ4n) is 3.20. The molecule has 1 aliphatic rings. The maximum atomic E-state index is 10.6. The molecule has 4 nitrogen and oxygen atoms in total. The monoisotopic (exact) mass is 451 g/mol. The maximum absolute atomic E-state index is 10.6. The van der Waals surface area contributed by atoms with E-state index in [2.05, 4.69) is 22.4 Å². The second-order valence-corrected chi connectivity index (χ2v) is 6.62. The highest BCUT2D eigenvalue weighted by molar-refractivity contribution is 14.0. The topological polar surface area (TPSA) is 70.6 Å². The van der Waals surface area contributed by atoms with Gasteiger partial charge in [0, 0.05) is 5.69 Å². The molecule has 1 unspecified atom stereocenters. The zero-order valence-corrected chi connectivity index (χ0v) is 16.9. The highest BCUT2D eigenvalue weighted by Crippen LogP contribution is 2.27. The molecule has 134 valence electrons. The zero-order valence-electron chi connectivity index (χ0n) is 14.5. The van der Waals surface area contributed by atoms with E-state index in [0.717, 1.165) is 24.1 Å². The summed E-state index contributed by atoms with van der Waals surface area (Å²) in [5, 5.41) is 13.8. The summed E-state index contributed by atoms with van der Waals surface area (Å²) in [5.74, 6) is 0.338. The van der Waals surface area contributed by atoms with Crippen LogP contribution >= 0.6 is 24.0 Å². The summed E-state index contributed by atoms with van der Waals surface area (Å²) in [6, 6.07) is 15.8. The SMILES string of the molecule is CC(O)(CN=C(N)Nc1cccc2c1CCCC2)c1ccccc1.I. The Hall–Kier alpha value is -1.60. The van der Waals surface area contributed by atoms with E-state index < -0.39 is 5.60 Å². The van der Waals surface area contributed by atoms with Gasteiger partial charge in [0.2, 0.25) is 0 Å². The molecular formula is C20H26IN3O. The van der Waals surface area contributed by atoms with Crippen LogP contribution in [-0.4, -0.2) is 17.6 Å². The van der Waals surface area contributed by atoms with Crippen LogP contribution in [-0.2, 0) is 18.4 Å². The van der Waals surface area contributed by atoms with Gasteiger partial charge in [0.1, 0.15) is 5.60 Å². The number of anilines is 1. The molecule has 0 spiro atoms. The molecule has 2 aromatic carbocycles. The Morgan fingerprint density at radius 2 is 1.84 bits per heavy atom. The van der Waals surface area contributed by atoms with Crippen molar-refractivity contribution in [1.82, 2.24) is 0 Å².